The lowest BCUT2D eigenvalue weighted by molar-refractivity contribution is -0.116. The van der Waals surface area contributed by atoms with E-state index in [2.05, 4.69) is 10.3 Å². The van der Waals surface area contributed by atoms with Gasteiger partial charge in [0.1, 0.15) is 5.52 Å². The molecule has 5 heteroatoms. The van der Waals surface area contributed by atoms with E-state index < -0.39 is 0 Å². The van der Waals surface area contributed by atoms with Gasteiger partial charge in [-0.3, -0.25) is 4.79 Å². The number of anilines is 1. The van der Waals surface area contributed by atoms with E-state index in [9.17, 15) is 4.79 Å². The molecule has 16 heavy (non-hydrogen) atoms. The maximum absolute atomic E-state index is 11.3. The van der Waals surface area contributed by atoms with Crippen molar-refractivity contribution < 1.29 is 9.21 Å². The Balaban J connectivity index is 2.22. The highest BCUT2D eigenvalue weighted by Crippen LogP contribution is 2.19. The van der Waals surface area contributed by atoms with Gasteiger partial charge in [0.25, 0.3) is 0 Å². The van der Waals surface area contributed by atoms with Crippen LogP contribution in [0.2, 0.25) is 0 Å². The second-order valence-electron chi connectivity index (χ2n) is 3.50. The van der Waals surface area contributed by atoms with E-state index in [0.29, 0.717) is 30.1 Å². The van der Waals surface area contributed by atoms with Gasteiger partial charge in [-0.05, 0) is 12.1 Å². The van der Waals surface area contributed by atoms with Crippen molar-refractivity contribution in [3.05, 3.63) is 24.1 Å². The van der Waals surface area contributed by atoms with E-state index in [0.717, 1.165) is 5.52 Å². The zero-order valence-electron chi connectivity index (χ0n) is 8.99. The third-order valence-electron chi connectivity index (χ3n) is 2.15. The second kappa shape index (κ2) is 4.32. The molecule has 0 bridgehead atoms. The predicted molar refractivity (Wildman–Crippen MR) is 61.0 cm³/mol. The summed E-state index contributed by atoms with van der Waals surface area (Å²) >= 11 is 0. The maximum atomic E-state index is 11.3. The van der Waals surface area contributed by atoms with Gasteiger partial charge < -0.3 is 15.5 Å². The maximum Gasteiger partial charge on any atom is 0.225 e. The number of hydrogen-bond donors (Lipinski definition) is 2. The molecule has 2 aromatic rings. The molecular weight excluding hydrogens is 206 g/mol. The molecule has 0 aliphatic heterocycles. The summed E-state index contributed by atoms with van der Waals surface area (Å²) in [5, 5.41) is 2.74. The van der Waals surface area contributed by atoms with Crippen LogP contribution in [0.1, 0.15) is 12.3 Å². The molecule has 1 amide bonds. The average molecular weight is 219 g/mol. The van der Waals surface area contributed by atoms with Crippen LogP contribution >= 0.6 is 0 Å². The number of nitrogens with one attached hydrogen (secondary N) is 1. The topological polar surface area (TPSA) is 81.2 Å². The molecule has 0 aliphatic carbocycles. The summed E-state index contributed by atoms with van der Waals surface area (Å²) in [7, 11) is 0. The van der Waals surface area contributed by atoms with Crippen LogP contribution in [-0.4, -0.2) is 17.4 Å². The minimum atomic E-state index is -0.0990. The van der Waals surface area contributed by atoms with Gasteiger partial charge >= 0.3 is 0 Å². The Morgan fingerprint density at radius 3 is 3.12 bits per heavy atom. The van der Waals surface area contributed by atoms with Crippen molar-refractivity contribution in [2.24, 2.45) is 5.73 Å². The highest BCUT2D eigenvalue weighted by atomic mass is 16.3. The molecule has 84 valence electrons. The van der Waals surface area contributed by atoms with Crippen LogP contribution in [-0.2, 0) is 4.79 Å². The highest BCUT2D eigenvalue weighted by molar-refractivity contribution is 5.92. The van der Waals surface area contributed by atoms with E-state index in [4.69, 9.17) is 10.2 Å². The number of carbonyl (C=O) groups is 1. The fraction of sp³-hybridized carbons (Fsp3) is 0.273. The van der Waals surface area contributed by atoms with Crippen molar-refractivity contribution in [3.63, 3.8) is 0 Å². The number of fused-ring (bicyclic) bond motifs is 1. The lowest BCUT2D eigenvalue weighted by Gasteiger charge is -2.02. The number of benzene rings is 1. The Kier molecular flexibility index (Phi) is 2.87. The van der Waals surface area contributed by atoms with Crippen molar-refractivity contribution in [2.75, 3.05) is 11.9 Å². The highest BCUT2D eigenvalue weighted by Gasteiger charge is 2.05. The summed E-state index contributed by atoms with van der Waals surface area (Å²) in [4.78, 5) is 15.5. The minimum absolute atomic E-state index is 0.0990. The summed E-state index contributed by atoms with van der Waals surface area (Å²) in [6, 6.07) is 5.35. The van der Waals surface area contributed by atoms with Crippen molar-refractivity contribution in [1.82, 2.24) is 4.98 Å². The normalized spacial score (nSPS) is 10.6. The molecule has 1 aromatic carbocycles. The Morgan fingerprint density at radius 2 is 2.38 bits per heavy atom. The van der Waals surface area contributed by atoms with Crippen LogP contribution in [0.5, 0.6) is 0 Å². The van der Waals surface area contributed by atoms with Crippen LogP contribution in [0, 0.1) is 6.92 Å². The molecule has 0 unspecified atom stereocenters. The fourth-order valence-electron chi connectivity index (χ4n) is 1.47. The summed E-state index contributed by atoms with van der Waals surface area (Å²) in [6.45, 7) is 2.13. The van der Waals surface area contributed by atoms with E-state index in [1.807, 2.05) is 6.07 Å². The zero-order chi connectivity index (χ0) is 11.5. The lowest BCUT2D eigenvalue weighted by atomic mass is 10.2. The van der Waals surface area contributed by atoms with Crippen LogP contribution in [0.25, 0.3) is 11.1 Å². The Bertz CT molecular complexity index is 519. The molecule has 0 atom stereocenters. The predicted octanol–water partition coefficient (Wildman–Crippen LogP) is 1.42. The Labute approximate surface area is 92.6 Å². The standard InChI is InChI=1S/C11H13N3O2/c1-7-13-9-3-2-8(6-10(9)16-7)14-11(15)4-5-12/h2-3,6H,4-5,12H2,1H3,(H,14,15). The number of aromatic nitrogens is 1. The number of hydrogen-bond acceptors (Lipinski definition) is 4. The molecule has 3 N–H and O–H groups in total. The Morgan fingerprint density at radius 1 is 1.56 bits per heavy atom. The first-order chi connectivity index (χ1) is 7.69. The number of carbonyl (C=O) groups excluding carboxylic acids is 1. The SMILES string of the molecule is Cc1nc2ccc(NC(=O)CCN)cc2o1. The van der Waals surface area contributed by atoms with E-state index in [-0.39, 0.29) is 5.91 Å². The molecular formula is C11H13N3O2. The summed E-state index contributed by atoms with van der Waals surface area (Å²) in [5.74, 6) is 0.513. The van der Waals surface area contributed by atoms with E-state index >= 15 is 0 Å². The van der Waals surface area contributed by atoms with Crippen molar-refractivity contribution in [2.45, 2.75) is 13.3 Å². The van der Waals surface area contributed by atoms with Crippen LogP contribution in [0.15, 0.2) is 22.6 Å². The van der Waals surface area contributed by atoms with Gasteiger partial charge in [-0.15, -0.1) is 0 Å². The molecule has 0 fully saturated rings. The molecule has 0 aliphatic rings. The number of oxazole rings is 1. The van der Waals surface area contributed by atoms with Gasteiger partial charge in [0.2, 0.25) is 5.91 Å². The van der Waals surface area contributed by atoms with Gasteiger partial charge in [-0.1, -0.05) is 0 Å². The van der Waals surface area contributed by atoms with Gasteiger partial charge in [-0.25, -0.2) is 4.98 Å². The van der Waals surface area contributed by atoms with Crippen LogP contribution in [0.3, 0.4) is 0 Å². The fourth-order valence-corrected chi connectivity index (χ4v) is 1.47. The van der Waals surface area contributed by atoms with Gasteiger partial charge in [0.05, 0.1) is 0 Å². The Hall–Kier alpha value is -1.88. The number of amides is 1. The smallest absolute Gasteiger partial charge is 0.225 e. The van der Waals surface area contributed by atoms with Gasteiger partial charge in [0.15, 0.2) is 11.5 Å². The number of nitrogens with zero attached hydrogens (tertiary/aromatic N) is 1. The van der Waals surface area contributed by atoms with Crippen LogP contribution in [0.4, 0.5) is 5.69 Å². The summed E-state index contributed by atoms with van der Waals surface area (Å²) in [5.41, 5.74) is 7.44. The molecule has 0 spiro atoms. The molecule has 0 radical (unpaired) electrons. The number of nitrogens with two attached hydrogens (primary N) is 1. The zero-order valence-corrected chi connectivity index (χ0v) is 8.99. The minimum Gasteiger partial charge on any atom is -0.441 e. The van der Waals surface area contributed by atoms with Crippen molar-refractivity contribution in [3.8, 4) is 0 Å². The number of rotatable bonds is 3. The first-order valence-electron chi connectivity index (χ1n) is 5.06. The molecule has 2 rings (SSSR count). The second-order valence-corrected chi connectivity index (χ2v) is 3.50. The number of aryl methyl sites for hydroxylation is 1. The molecule has 1 heterocycles. The lowest BCUT2D eigenvalue weighted by Crippen LogP contribution is -2.15. The summed E-state index contributed by atoms with van der Waals surface area (Å²) in [6.07, 6.45) is 0.313. The van der Waals surface area contributed by atoms with E-state index in [1.165, 1.54) is 0 Å². The first kappa shape index (κ1) is 10.6. The van der Waals surface area contributed by atoms with Crippen molar-refractivity contribution >= 4 is 22.7 Å². The van der Waals surface area contributed by atoms with Crippen molar-refractivity contribution in [1.29, 1.82) is 0 Å². The molecule has 0 saturated carbocycles. The quantitative estimate of drug-likeness (QED) is 0.818. The third-order valence-corrected chi connectivity index (χ3v) is 2.15. The monoisotopic (exact) mass is 219 g/mol. The summed E-state index contributed by atoms with van der Waals surface area (Å²) < 4.78 is 5.36. The molecule has 0 saturated heterocycles. The largest absolute Gasteiger partial charge is 0.441 e. The van der Waals surface area contributed by atoms with Gasteiger partial charge in [-0.2, -0.15) is 0 Å². The first-order valence-corrected chi connectivity index (χ1v) is 5.06. The van der Waals surface area contributed by atoms with Crippen LogP contribution < -0.4 is 11.1 Å². The molecule has 5 nitrogen and oxygen atoms in total. The molecule has 1 aromatic heterocycles. The van der Waals surface area contributed by atoms with E-state index in [1.54, 1.807) is 19.1 Å². The third kappa shape index (κ3) is 2.20. The van der Waals surface area contributed by atoms with Gasteiger partial charge in [0, 0.05) is 31.6 Å². The average Bonchev–Trinajstić information content (AvgIpc) is 2.57.